The lowest BCUT2D eigenvalue weighted by Crippen LogP contribution is -2.48. The summed E-state index contributed by atoms with van der Waals surface area (Å²) < 4.78 is 14.8. The second kappa shape index (κ2) is 6.13. The van der Waals surface area contributed by atoms with E-state index in [9.17, 15) is 14.3 Å². The summed E-state index contributed by atoms with van der Waals surface area (Å²) in [6.07, 6.45) is 0.243. The van der Waals surface area contributed by atoms with Crippen LogP contribution in [0.2, 0.25) is 0 Å². The van der Waals surface area contributed by atoms with Gasteiger partial charge in [-0.1, -0.05) is 28.7 Å². The van der Waals surface area contributed by atoms with Gasteiger partial charge in [0.25, 0.3) is 0 Å². The number of halogens is 2. The molecule has 0 amide bonds. The van der Waals surface area contributed by atoms with Crippen molar-refractivity contribution in [3.05, 3.63) is 58.4 Å². The minimum absolute atomic E-state index is 0.151. The van der Waals surface area contributed by atoms with Gasteiger partial charge >= 0.3 is 0 Å². The number of ketones is 1. The van der Waals surface area contributed by atoms with Gasteiger partial charge in [-0.3, -0.25) is 4.79 Å². The largest absolute Gasteiger partial charge is 0.374 e. The number of Topliss-reactive ketones (excluding diaryl/α,β-unsaturated/α-hetero) is 1. The molecule has 0 bridgehead atoms. The molecular formula is C20H18FIN2O2. The molecule has 4 rings (SSSR count). The Balaban J connectivity index is 1.84. The molecule has 0 radical (unpaired) electrons. The van der Waals surface area contributed by atoms with Gasteiger partial charge in [0.05, 0.1) is 5.69 Å². The molecule has 2 heterocycles. The van der Waals surface area contributed by atoms with Gasteiger partial charge in [0, 0.05) is 28.6 Å². The Hall–Kier alpha value is -1.80. The zero-order chi connectivity index (χ0) is 18.6. The summed E-state index contributed by atoms with van der Waals surface area (Å²) in [6, 6.07) is 8.86. The summed E-state index contributed by atoms with van der Waals surface area (Å²) in [5.74, 6) is -0.596. The van der Waals surface area contributed by atoms with Crippen molar-refractivity contribution in [3.8, 4) is 0 Å². The van der Waals surface area contributed by atoms with E-state index in [0.29, 0.717) is 23.6 Å². The Labute approximate surface area is 164 Å². The number of amidine groups is 1. The van der Waals surface area contributed by atoms with Crippen LogP contribution < -0.4 is 4.90 Å². The van der Waals surface area contributed by atoms with Gasteiger partial charge < -0.3 is 10.0 Å². The lowest BCUT2D eigenvalue weighted by Gasteiger charge is -2.30. The van der Waals surface area contributed by atoms with Crippen LogP contribution in [0.25, 0.3) is 0 Å². The predicted molar refractivity (Wildman–Crippen MR) is 108 cm³/mol. The molecule has 2 aromatic rings. The van der Waals surface area contributed by atoms with E-state index < -0.39 is 17.2 Å². The topological polar surface area (TPSA) is 52.9 Å². The second-order valence-corrected chi connectivity index (χ2v) is 7.65. The Kier molecular flexibility index (Phi) is 4.15. The highest BCUT2D eigenvalue weighted by Crippen LogP contribution is 2.40. The third-order valence-electron chi connectivity index (χ3n) is 5.23. The van der Waals surface area contributed by atoms with Crippen molar-refractivity contribution in [3.63, 3.8) is 0 Å². The minimum atomic E-state index is -1.69. The monoisotopic (exact) mass is 464 g/mol. The van der Waals surface area contributed by atoms with E-state index in [1.165, 1.54) is 11.6 Å². The molecule has 0 aromatic heterocycles. The molecule has 0 saturated carbocycles. The second-order valence-electron chi connectivity index (χ2n) is 6.89. The Bertz CT molecular complexity index is 973. The van der Waals surface area contributed by atoms with Crippen LogP contribution in [0, 0.1) is 19.7 Å². The fourth-order valence-electron chi connectivity index (χ4n) is 3.61. The molecule has 26 heavy (non-hydrogen) atoms. The smallest absolute Gasteiger partial charge is 0.204 e. The van der Waals surface area contributed by atoms with Crippen molar-refractivity contribution >= 4 is 45.6 Å². The Morgan fingerprint density at radius 1 is 1.27 bits per heavy atom. The van der Waals surface area contributed by atoms with Crippen LogP contribution in [0.3, 0.4) is 0 Å². The van der Waals surface area contributed by atoms with Crippen LogP contribution >= 0.6 is 22.6 Å². The van der Waals surface area contributed by atoms with E-state index >= 15 is 0 Å². The van der Waals surface area contributed by atoms with Crippen molar-refractivity contribution in [2.24, 2.45) is 4.99 Å². The van der Waals surface area contributed by atoms with Crippen LogP contribution in [-0.2, 0) is 4.43 Å². The molecule has 1 saturated heterocycles. The van der Waals surface area contributed by atoms with Crippen molar-refractivity contribution in [1.82, 2.24) is 0 Å². The average Bonchev–Trinajstić information content (AvgIpc) is 2.95. The number of benzene rings is 2. The van der Waals surface area contributed by atoms with E-state index in [4.69, 9.17) is 0 Å². The molecule has 1 atom stereocenters. The first-order valence-corrected chi connectivity index (χ1v) is 9.97. The highest BCUT2D eigenvalue weighted by molar-refractivity contribution is 14.1. The number of hydrogen-bond donors (Lipinski definition) is 1. The molecular weight excluding hydrogens is 446 g/mol. The molecule has 6 heteroatoms. The van der Waals surface area contributed by atoms with Crippen LogP contribution in [-0.4, -0.2) is 28.9 Å². The predicted octanol–water partition coefficient (Wildman–Crippen LogP) is 4.25. The highest BCUT2D eigenvalue weighted by atomic mass is 127. The fraction of sp³-hybridized carbons (Fsp3) is 0.300. The van der Waals surface area contributed by atoms with Crippen molar-refractivity contribution in [1.29, 1.82) is 0 Å². The Morgan fingerprint density at radius 3 is 2.73 bits per heavy atom. The van der Waals surface area contributed by atoms with Crippen LogP contribution in [0.4, 0.5) is 15.8 Å². The number of nitrogens with zero attached hydrogens (tertiary/aromatic N) is 2. The van der Waals surface area contributed by atoms with Gasteiger partial charge in [0.15, 0.2) is 5.60 Å². The third-order valence-corrected chi connectivity index (χ3v) is 6.05. The first-order chi connectivity index (χ1) is 12.3. The van der Waals surface area contributed by atoms with E-state index in [1.54, 1.807) is 13.0 Å². The number of rotatable bonds is 2. The maximum Gasteiger partial charge on any atom is 0.204 e. The number of fused-ring (bicyclic) bond motifs is 2. The number of carbonyl (C=O) groups excluding carboxylic acids is 1. The van der Waals surface area contributed by atoms with E-state index in [-0.39, 0.29) is 12.0 Å². The normalized spacial score (nSPS) is 21.5. The number of alkyl halides is 1. The summed E-state index contributed by atoms with van der Waals surface area (Å²) in [5.41, 5.74) is 2.62. The number of carbonyl (C=O) groups is 1. The van der Waals surface area contributed by atoms with Crippen molar-refractivity contribution in [2.45, 2.75) is 30.3 Å². The van der Waals surface area contributed by atoms with Gasteiger partial charge in [0.1, 0.15) is 11.7 Å². The first-order valence-electron chi connectivity index (χ1n) is 8.44. The maximum atomic E-state index is 13.9. The molecule has 134 valence electrons. The standard InChI is InChI=1S/C20H18FIN2O2/c1-11-7-14(4-3-13(11)10-22)24-6-5-20(26)18(25)15-9-16(21)12(2)8-17(15)23-19(20)24/h3-4,7-9,26H,5-6,10H2,1-2H3/t20-/m1/s1. The number of aliphatic hydroxyl groups is 1. The average molecular weight is 464 g/mol. The van der Waals surface area contributed by atoms with Crippen molar-refractivity contribution in [2.75, 3.05) is 11.4 Å². The number of aryl methyl sites for hydroxylation is 2. The quantitative estimate of drug-likeness (QED) is 0.535. The molecule has 1 fully saturated rings. The molecule has 2 aromatic carbocycles. The minimum Gasteiger partial charge on any atom is -0.374 e. The van der Waals surface area contributed by atoms with Gasteiger partial charge in [-0.05, 0) is 54.8 Å². The van der Waals surface area contributed by atoms with Crippen LogP contribution in [0.15, 0.2) is 35.3 Å². The lowest BCUT2D eigenvalue weighted by molar-refractivity contribution is 0.0601. The van der Waals surface area contributed by atoms with Gasteiger partial charge in [-0.15, -0.1) is 0 Å². The van der Waals surface area contributed by atoms with E-state index in [1.807, 2.05) is 11.0 Å². The van der Waals surface area contributed by atoms with E-state index in [2.05, 4.69) is 46.6 Å². The van der Waals surface area contributed by atoms with Gasteiger partial charge in [-0.25, -0.2) is 9.38 Å². The molecule has 4 nitrogen and oxygen atoms in total. The molecule has 0 unspecified atom stereocenters. The lowest BCUT2D eigenvalue weighted by atomic mass is 9.87. The number of hydrogen-bond acceptors (Lipinski definition) is 4. The molecule has 0 aliphatic carbocycles. The zero-order valence-electron chi connectivity index (χ0n) is 14.5. The molecule has 1 N–H and O–H groups in total. The molecule has 2 aliphatic heterocycles. The Morgan fingerprint density at radius 2 is 2.04 bits per heavy atom. The molecule has 0 spiro atoms. The fourth-order valence-corrected chi connectivity index (χ4v) is 4.47. The summed E-state index contributed by atoms with van der Waals surface area (Å²) in [5, 5.41) is 11.0. The van der Waals surface area contributed by atoms with Crippen LogP contribution in [0.1, 0.15) is 33.5 Å². The SMILES string of the molecule is Cc1cc2c(cc1F)C(=O)[C@]1(O)CCN(c3ccc(CI)c(C)c3)C1=N2. The third kappa shape index (κ3) is 2.50. The van der Waals surface area contributed by atoms with Gasteiger partial charge in [0.2, 0.25) is 5.78 Å². The molecule has 2 aliphatic rings. The highest BCUT2D eigenvalue weighted by Gasteiger charge is 2.52. The van der Waals surface area contributed by atoms with E-state index in [0.717, 1.165) is 15.7 Å². The van der Waals surface area contributed by atoms with Gasteiger partial charge in [-0.2, -0.15) is 0 Å². The summed E-state index contributed by atoms with van der Waals surface area (Å²) in [6.45, 7) is 4.17. The summed E-state index contributed by atoms with van der Waals surface area (Å²) in [4.78, 5) is 19.4. The maximum absolute atomic E-state index is 13.9. The number of anilines is 1. The summed E-state index contributed by atoms with van der Waals surface area (Å²) in [7, 11) is 0. The van der Waals surface area contributed by atoms with Crippen molar-refractivity contribution < 1.29 is 14.3 Å². The zero-order valence-corrected chi connectivity index (χ0v) is 16.7. The van der Waals surface area contributed by atoms with Crippen LogP contribution in [0.5, 0.6) is 0 Å². The summed E-state index contributed by atoms with van der Waals surface area (Å²) >= 11 is 2.33. The first kappa shape index (κ1) is 17.6. The number of aliphatic imine (C=N–C) groups is 1.